The first kappa shape index (κ1) is 65.9. The summed E-state index contributed by atoms with van der Waals surface area (Å²) in [5.74, 6) is -7.31. The molecule has 0 radical (unpaired) electrons. The Morgan fingerprint density at radius 3 is 1.72 bits per heavy atom. The second kappa shape index (κ2) is 30.7. The molecule has 0 saturated heterocycles. The first-order valence-electron chi connectivity index (χ1n) is 27.2. The van der Waals surface area contributed by atoms with Crippen LogP contribution in [0.25, 0.3) is 0 Å². The molecule has 1 aromatic rings. The second-order valence-corrected chi connectivity index (χ2v) is 22.2. The minimum Gasteiger partial charge on any atom is -0.497 e. The number of hydrogen-bond acceptors (Lipinski definition) is 14. The molecule has 12 N–H and O–H groups in total. The lowest BCUT2D eigenvalue weighted by Gasteiger charge is -2.32. The third kappa shape index (κ3) is 20.4. The Bertz CT molecular complexity index is 2410. The van der Waals surface area contributed by atoms with Gasteiger partial charge in [0.25, 0.3) is 5.91 Å². The van der Waals surface area contributed by atoms with E-state index in [0.717, 1.165) is 5.56 Å². The zero-order chi connectivity index (χ0) is 59.5. The summed E-state index contributed by atoms with van der Waals surface area (Å²) in [6.45, 7) is 20.1. The molecule has 2 aliphatic rings. The Hall–Kier alpha value is -7.34. The molecule has 3 rings (SSSR count). The van der Waals surface area contributed by atoms with E-state index in [0.29, 0.717) is 37.2 Å². The fourth-order valence-electron chi connectivity index (χ4n) is 8.86. The maximum atomic E-state index is 14.2. The molecule has 25 nitrogen and oxygen atoms in total. The molecule has 0 spiro atoms. The minimum absolute atomic E-state index is 0.0345. The largest absolute Gasteiger partial charge is 0.497 e. The minimum atomic E-state index is -1.69. The predicted molar refractivity (Wildman–Crippen MR) is 295 cm³/mol. The molecule has 7 atom stereocenters. The molecule has 11 amide bonds. The first-order valence-corrected chi connectivity index (χ1v) is 27.2. The topological polar surface area (TPSA) is 359 Å². The van der Waals surface area contributed by atoms with Gasteiger partial charge in [0, 0.05) is 45.5 Å². The zero-order valence-corrected chi connectivity index (χ0v) is 48.2. The van der Waals surface area contributed by atoms with E-state index in [1.807, 2.05) is 13.8 Å². The Kier molecular flexibility index (Phi) is 25.6. The summed E-state index contributed by atoms with van der Waals surface area (Å²) in [5.41, 5.74) is 5.52. The van der Waals surface area contributed by atoms with E-state index in [9.17, 15) is 52.7 Å². The molecule has 0 fully saturated rings. The fourth-order valence-corrected chi connectivity index (χ4v) is 8.86. The van der Waals surface area contributed by atoms with Gasteiger partial charge in [-0.2, -0.15) is 5.10 Å². The molecule has 440 valence electrons. The van der Waals surface area contributed by atoms with Gasteiger partial charge in [0.05, 0.1) is 12.8 Å². The van der Waals surface area contributed by atoms with Crippen molar-refractivity contribution in [1.82, 2.24) is 53.2 Å². The number of anilines is 1. The number of carbonyl (C=O) groups excluding carboxylic acids is 11. The molecule has 0 aliphatic carbocycles. The third-order valence-corrected chi connectivity index (χ3v) is 13.4. The molecule has 2 heterocycles. The van der Waals surface area contributed by atoms with Gasteiger partial charge in [-0.05, 0) is 101 Å². The van der Waals surface area contributed by atoms with E-state index < -0.39 is 113 Å². The van der Waals surface area contributed by atoms with E-state index >= 15 is 0 Å². The van der Waals surface area contributed by atoms with E-state index in [2.05, 4.69) is 58.3 Å². The van der Waals surface area contributed by atoms with Crippen LogP contribution < -0.4 is 68.6 Å². The Balaban J connectivity index is 1.75. The lowest BCUT2D eigenvalue weighted by molar-refractivity contribution is -0.138. The predicted octanol–water partition coefficient (Wildman–Crippen LogP) is 0.175. The van der Waals surface area contributed by atoms with Crippen molar-refractivity contribution < 1.29 is 57.5 Å². The average Bonchev–Trinajstić information content (AvgIpc) is 3.79. The van der Waals surface area contributed by atoms with Crippen molar-refractivity contribution in [2.24, 2.45) is 34.5 Å². The lowest BCUT2D eigenvalue weighted by atomic mass is 9.96. The highest BCUT2D eigenvalue weighted by atomic mass is 16.5. The van der Waals surface area contributed by atoms with Gasteiger partial charge in [-0.1, -0.05) is 55.4 Å². The number of fused-ring (bicyclic) bond motifs is 3. The van der Waals surface area contributed by atoms with Gasteiger partial charge in [0.2, 0.25) is 59.1 Å². The van der Waals surface area contributed by atoms with Crippen LogP contribution in [-0.4, -0.2) is 139 Å². The number of nitrogens with zero attached hydrogens (tertiary/aromatic N) is 2. The molecule has 25 heteroatoms. The Morgan fingerprint density at radius 1 is 0.684 bits per heavy atom. The Labute approximate surface area is 463 Å². The van der Waals surface area contributed by atoms with Gasteiger partial charge in [0.1, 0.15) is 59.3 Å². The van der Waals surface area contributed by atoms with Crippen molar-refractivity contribution in [2.75, 3.05) is 25.2 Å². The normalized spacial score (nSPS) is 16.3. The van der Waals surface area contributed by atoms with Crippen molar-refractivity contribution >= 4 is 76.4 Å². The van der Waals surface area contributed by atoms with Crippen molar-refractivity contribution in [2.45, 2.75) is 189 Å². The number of primary amides is 1. The monoisotopic (exact) mass is 1110 g/mol. The van der Waals surface area contributed by atoms with Crippen LogP contribution in [0.2, 0.25) is 0 Å². The van der Waals surface area contributed by atoms with Crippen LogP contribution in [0.15, 0.2) is 23.3 Å². The Morgan fingerprint density at radius 2 is 1.22 bits per heavy atom. The van der Waals surface area contributed by atoms with Crippen molar-refractivity contribution in [3.8, 4) is 5.75 Å². The fraction of sp³-hybridized carbons (Fsp3) is 0.667. The SMILES string of the molecule is COc1ccc2c(c1)CNC(=O)C1CC(C(=O)NCCCC[C@H](NC(=O)[C@@H](NC(=O)C(C)(C)NC(=O)[C@H](CC(C)C)NC(=O)[C@H](CCCCNC(C)=O)NC(=O)[C@@H](NC(C)=O)C(C)C)C(C)C)C(=O)N[C@H](C(N)=O)C(C)C)=NN21. The van der Waals surface area contributed by atoms with Crippen molar-refractivity contribution in [3.05, 3.63) is 23.8 Å². The smallest absolute Gasteiger partial charge is 0.267 e. The number of nitrogens with one attached hydrogen (secondary N) is 10. The summed E-state index contributed by atoms with van der Waals surface area (Å²) in [7, 11) is 1.54. The number of nitrogens with two attached hydrogens (primary N) is 1. The average molecular weight is 1110 g/mol. The number of carbonyl (C=O) groups is 11. The number of ether oxygens (including phenoxy) is 1. The molecule has 79 heavy (non-hydrogen) atoms. The number of hydrogen-bond donors (Lipinski definition) is 11. The summed E-state index contributed by atoms with van der Waals surface area (Å²) in [6, 6.07) is -2.28. The third-order valence-electron chi connectivity index (χ3n) is 13.4. The highest BCUT2D eigenvalue weighted by Gasteiger charge is 2.41. The van der Waals surface area contributed by atoms with Crippen LogP contribution in [-0.2, 0) is 59.3 Å². The number of hydrazone groups is 1. The van der Waals surface area contributed by atoms with Gasteiger partial charge >= 0.3 is 0 Å². The van der Waals surface area contributed by atoms with Gasteiger partial charge in [-0.25, -0.2) is 0 Å². The summed E-state index contributed by atoms with van der Waals surface area (Å²) in [6.07, 6.45) is 1.85. The number of methoxy groups -OCH3 is 1. The summed E-state index contributed by atoms with van der Waals surface area (Å²) < 4.78 is 5.33. The molecule has 0 bridgehead atoms. The highest BCUT2D eigenvalue weighted by molar-refractivity contribution is 6.40. The molecule has 1 aromatic carbocycles. The summed E-state index contributed by atoms with van der Waals surface area (Å²) in [5, 5.41) is 33.3. The first-order chi connectivity index (χ1) is 37.0. The molecule has 0 saturated carbocycles. The molecule has 1 unspecified atom stereocenters. The zero-order valence-electron chi connectivity index (χ0n) is 48.2. The van der Waals surface area contributed by atoms with Gasteiger partial charge in [-0.15, -0.1) is 0 Å². The van der Waals surface area contributed by atoms with Crippen LogP contribution in [0.3, 0.4) is 0 Å². The number of unbranched alkanes of at least 4 members (excludes halogenated alkanes) is 2. The summed E-state index contributed by atoms with van der Waals surface area (Å²) in [4.78, 5) is 146. The number of rotatable bonds is 31. The highest BCUT2D eigenvalue weighted by Crippen LogP contribution is 2.33. The van der Waals surface area contributed by atoms with Crippen LogP contribution >= 0.6 is 0 Å². The lowest BCUT2D eigenvalue weighted by Crippen LogP contribution is -2.64. The van der Waals surface area contributed by atoms with Gasteiger partial charge < -0.3 is 63.6 Å². The van der Waals surface area contributed by atoms with Crippen LogP contribution in [0.4, 0.5) is 5.69 Å². The van der Waals surface area contributed by atoms with Crippen molar-refractivity contribution in [1.29, 1.82) is 0 Å². The van der Waals surface area contributed by atoms with Gasteiger partial charge in [-0.3, -0.25) is 57.7 Å². The maximum absolute atomic E-state index is 14.2. The van der Waals surface area contributed by atoms with E-state index in [4.69, 9.17) is 10.5 Å². The van der Waals surface area contributed by atoms with Crippen LogP contribution in [0, 0.1) is 23.7 Å². The van der Waals surface area contributed by atoms with Crippen molar-refractivity contribution in [3.63, 3.8) is 0 Å². The summed E-state index contributed by atoms with van der Waals surface area (Å²) >= 11 is 0. The number of benzene rings is 1. The molecular weight excluding hydrogens is 1020 g/mol. The molecule has 0 aromatic heterocycles. The standard InChI is InChI=1S/C54H87N13O12/c1-28(2)24-38(62-47(72)36(18-14-16-22-56-32(9)68)60-51(76)43(30(5)6)59-33(10)69)49(74)65-54(11,12)53(78)64-44(31(7)8)52(77)61-37(48(73)63-42(29(3)4)45(55)70)19-15-17-23-57-46(71)39-26-41-50(75)58-27-34-25-35(79-13)20-21-40(34)67(41)66-39/h20-21,25,28-31,36-38,41-44H,14-19,22-24,26-27H2,1-13H3,(H2,55,70)(H,56,68)(H,57,71)(H,58,75)(H,59,69)(H,60,76)(H,61,77)(H,62,72)(H,63,73)(H,64,78)(H,65,74)/t36-,37-,38-,41?,42-,43-,44-/m0/s1. The van der Waals surface area contributed by atoms with Crippen LogP contribution in [0.5, 0.6) is 5.75 Å². The molecule has 2 aliphatic heterocycles. The quantitative estimate of drug-likeness (QED) is 0.0443. The molecular formula is C54H87N13O12. The van der Waals surface area contributed by atoms with E-state index in [1.54, 1.807) is 59.7 Å². The maximum Gasteiger partial charge on any atom is 0.267 e. The second-order valence-electron chi connectivity index (χ2n) is 22.2. The van der Waals surface area contributed by atoms with E-state index in [-0.39, 0.29) is 74.6 Å². The van der Waals surface area contributed by atoms with Crippen LogP contribution in [0.1, 0.15) is 140 Å². The van der Waals surface area contributed by atoms with E-state index in [1.165, 1.54) is 39.8 Å². The van der Waals surface area contributed by atoms with Gasteiger partial charge in [0.15, 0.2) is 0 Å². The number of amides is 11.